The average molecular weight is 297 g/mol. The Balaban J connectivity index is 2.32. The van der Waals surface area contributed by atoms with Gasteiger partial charge in [0.1, 0.15) is 4.90 Å². The monoisotopic (exact) mass is 297 g/mol. The van der Waals surface area contributed by atoms with Crippen LogP contribution < -0.4 is 14.9 Å². The lowest BCUT2D eigenvalue weighted by molar-refractivity contribution is 0.443. The van der Waals surface area contributed by atoms with Gasteiger partial charge in [-0.05, 0) is 31.5 Å². The van der Waals surface area contributed by atoms with Crippen molar-refractivity contribution in [1.29, 1.82) is 0 Å². The van der Waals surface area contributed by atoms with E-state index < -0.39 is 10.0 Å². The maximum atomic E-state index is 12.3. The van der Waals surface area contributed by atoms with E-state index in [1.807, 2.05) is 19.2 Å². The fourth-order valence-electron chi connectivity index (χ4n) is 2.60. The van der Waals surface area contributed by atoms with Crippen molar-refractivity contribution in [2.45, 2.75) is 30.7 Å². The van der Waals surface area contributed by atoms with Gasteiger partial charge in [-0.1, -0.05) is 19.1 Å². The molecule has 5 nitrogen and oxygen atoms in total. The highest BCUT2D eigenvalue weighted by molar-refractivity contribution is 7.89. The largest absolute Gasteiger partial charge is 0.369 e. The van der Waals surface area contributed by atoms with Gasteiger partial charge in [-0.2, -0.15) is 0 Å². The molecule has 0 radical (unpaired) electrons. The van der Waals surface area contributed by atoms with Gasteiger partial charge in [-0.15, -0.1) is 0 Å². The zero-order valence-corrected chi connectivity index (χ0v) is 12.9. The molecule has 0 saturated carbocycles. The average Bonchev–Trinajstić information content (AvgIpc) is 2.47. The Morgan fingerprint density at radius 2 is 2.15 bits per heavy atom. The molecular formula is C14H23N3O2S. The van der Waals surface area contributed by atoms with Gasteiger partial charge >= 0.3 is 0 Å². The standard InChI is InChI=1S/C14H23N3O2S/c1-3-16-20(18,19)14-9-5-4-8-13(14)17(2)12-7-6-10-15-11-12/h4-5,8-9,12,15-16H,3,6-7,10-11H2,1-2H3. The number of benzene rings is 1. The van der Waals surface area contributed by atoms with Crippen LogP contribution in [-0.2, 0) is 10.0 Å². The van der Waals surface area contributed by atoms with Crippen molar-refractivity contribution in [3.8, 4) is 0 Å². The fourth-order valence-corrected chi connectivity index (χ4v) is 3.88. The third-order valence-corrected chi connectivity index (χ3v) is 5.28. The zero-order chi connectivity index (χ0) is 14.6. The highest BCUT2D eigenvalue weighted by Crippen LogP contribution is 2.26. The molecule has 1 saturated heterocycles. The van der Waals surface area contributed by atoms with Crippen LogP contribution in [0.2, 0.25) is 0 Å². The van der Waals surface area contributed by atoms with E-state index in [1.54, 1.807) is 19.1 Å². The number of hydrogen-bond acceptors (Lipinski definition) is 4. The van der Waals surface area contributed by atoms with Crippen LogP contribution in [0.5, 0.6) is 0 Å². The number of hydrogen-bond donors (Lipinski definition) is 2. The van der Waals surface area contributed by atoms with Gasteiger partial charge < -0.3 is 10.2 Å². The lowest BCUT2D eigenvalue weighted by atomic mass is 10.1. The minimum atomic E-state index is -3.44. The summed E-state index contributed by atoms with van der Waals surface area (Å²) in [4.78, 5) is 2.44. The van der Waals surface area contributed by atoms with Crippen LogP contribution in [0.15, 0.2) is 29.2 Å². The predicted molar refractivity (Wildman–Crippen MR) is 81.6 cm³/mol. The van der Waals surface area contributed by atoms with Crippen molar-refractivity contribution in [3.63, 3.8) is 0 Å². The molecule has 1 aromatic rings. The molecule has 0 amide bonds. The van der Waals surface area contributed by atoms with Crippen LogP contribution in [0, 0.1) is 0 Å². The fraction of sp³-hybridized carbons (Fsp3) is 0.571. The molecular weight excluding hydrogens is 274 g/mol. The van der Waals surface area contributed by atoms with Crippen LogP contribution in [0.25, 0.3) is 0 Å². The third-order valence-electron chi connectivity index (χ3n) is 3.69. The van der Waals surface area contributed by atoms with Crippen molar-refractivity contribution >= 4 is 15.7 Å². The molecule has 0 aliphatic carbocycles. The number of nitrogens with one attached hydrogen (secondary N) is 2. The number of nitrogens with zero attached hydrogens (tertiary/aromatic N) is 1. The number of para-hydroxylation sites is 1. The number of sulfonamides is 1. The van der Waals surface area contributed by atoms with E-state index in [0.29, 0.717) is 17.5 Å². The second kappa shape index (κ2) is 6.56. The van der Waals surface area contributed by atoms with E-state index in [2.05, 4.69) is 14.9 Å². The molecule has 1 unspecified atom stereocenters. The van der Waals surface area contributed by atoms with E-state index >= 15 is 0 Å². The Kier molecular flexibility index (Phi) is 5.01. The number of likely N-dealkylation sites (N-methyl/N-ethyl adjacent to an activating group) is 1. The smallest absolute Gasteiger partial charge is 0.242 e. The lowest BCUT2D eigenvalue weighted by Gasteiger charge is -2.34. The van der Waals surface area contributed by atoms with E-state index in [4.69, 9.17) is 0 Å². The first-order valence-corrected chi connectivity index (χ1v) is 8.57. The highest BCUT2D eigenvalue weighted by atomic mass is 32.2. The molecule has 2 N–H and O–H groups in total. The lowest BCUT2D eigenvalue weighted by Crippen LogP contribution is -2.44. The molecule has 1 heterocycles. The first-order valence-electron chi connectivity index (χ1n) is 7.08. The first-order chi connectivity index (χ1) is 9.56. The van der Waals surface area contributed by atoms with Gasteiger partial charge in [-0.25, -0.2) is 13.1 Å². The summed E-state index contributed by atoms with van der Waals surface area (Å²) in [5.74, 6) is 0. The second-order valence-electron chi connectivity index (χ2n) is 5.08. The maximum absolute atomic E-state index is 12.3. The van der Waals surface area contributed by atoms with Crippen molar-refractivity contribution < 1.29 is 8.42 Å². The number of piperidine rings is 1. The van der Waals surface area contributed by atoms with Gasteiger partial charge in [0.15, 0.2) is 0 Å². The van der Waals surface area contributed by atoms with Crippen LogP contribution in [0.4, 0.5) is 5.69 Å². The van der Waals surface area contributed by atoms with Gasteiger partial charge in [0.05, 0.1) is 5.69 Å². The summed E-state index contributed by atoms with van der Waals surface area (Å²) in [7, 11) is -1.47. The SMILES string of the molecule is CCNS(=O)(=O)c1ccccc1N(C)C1CCCNC1. The van der Waals surface area contributed by atoms with Crippen LogP contribution in [0.1, 0.15) is 19.8 Å². The van der Waals surface area contributed by atoms with E-state index in [1.165, 1.54) is 0 Å². The van der Waals surface area contributed by atoms with Crippen molar-refractivity contribution in [1.82, 2.24) is 10.0 Å². The Morgan fingerprint density at radius 1 is 1.40 bits per heavy atom. The Hall–Kier alpha value is -1.11. The molecule has 112 valence electrons. The molecule has 2 rings (SSSR count). The van der Waals surface area contributed by atoms with Gasteiger partial charge in [-0.3, -0.25) is 0 Å². The van der Waals surface area contributed by atoms with E-state index in [0.717, 1.165) is 31.6 Å². The second-order valence-corrected chi connectivity index (χ2v) is 6.82. The Bertz CT molecular complexity index is 539. The van der Waals surface area contributed by atoms with Gasteiger partial charge in [0, 0.05) is 26.2 Å². The Morgan fingerprint density at radius 3 is 2.80 bits per heavy atom. The van der Waals surface area contributed by atoms with Crippen molar-refractivity contribution in [2.24, 2.45) is 0 Å². The predicted octanol–water partition coefficient (Wildman–Crippen LogP) is 1.17. The molecule has 1 aliphatic heterocycles. The number of anilines is 1. The summed E-state index contributed by atoms with van der Waals surface area (Å²) in [6.07, 6.45) is 2.20. The summed E-state index contributed by atoms with van der Waals surface area (Å²) >= 11 is 0. The summed E-state index contributed by atoms with van der Waals surface area (Å²) in [6.45, 7) is 4.12. The molecule has 20 heavy (non-hydrogen) atoms. The maximum Gasteiger partial charge on any atom is 0.242 e. The number of rotatable bonds is 5. The molecule has 1 fully saturated rings. The van der Waals surface area contributed by atoms with Crippen LogP contribution >= 0.6 is 0 Å². The van der Waals surface area contributed by atoms with Gasteiger partial charge in [0.25, 0.3) is 0 Å². The molecule has 1 aliphatic rings. The minimum Gasteiger partial charge on any atom is -0.369 e. The molecule has 6 heteroatoms. The summed E-state index contributed by atoms with van der Waals surface area (Å²) in [6, 6.07) is 7.52. The molecule has 0 spiro atoms. The summed E-state index contributed by atoms with van der Waals surface area (Å²) in [5, 5.41) is 3.36. The van der Waals surface area contributed by atoms with Gasteiger partial charge in [0.2, 0.25) is 10.0 Å². The third kappa shape index (κ3) is 3.31. The quantitative estimate of drug-likeness (QED) is 0.856. The van der Waals surface area contributed by atoms with Crippen LogP contribution in [-0.4, -0.2) is 41.1 Å². The molecule has 1 aromatic carbocycles. The summed E-state index contributed by atoms with van der Waals surface area (Å²) in [5.41, 5.74) is 0.766. The van der Waals surface area contributed by atoms with E-state index in [-0.39, 0.29) is 0 Å². The highest BCUT2D eigenvalue weighted by Gasteiger charge is 2.24. The topological polar surface area (TPSA) is 61.4 Å². The molecule has 0 bridgehead atoms. The normalized spacial score (nSPS) is 19.8. The van der Waals surface area contributed by atoms with Crippen molar-refractivity contribution in [2.75, 3.05) is 31.6 Å². The first kappa shape index (κ1) is 15.3. The van der Waals surface area contributed by atoms with E-state index in [9.17, 15) is 8.42 Å². The zero-order valence-electron chi connectivity index (χ0n) is 12.1. The molecule has 0 aromatic heterocycles. The van der Waals surface area contributed by atoms with Crippen molar-refractivity contribution in [3.05, 3.63) is 24.3 Å². The van der Waals surface area contributed by atoms with Crippen LogP contribution in [0.3, 0.4) is 0 Å². The minimum absolute atomic E-state index is 0.335. The summed E-state index contributed by atoms with van der Waals surface area (Å²) < 4.78 is 27.1. The molecule has 1 atom stereocenters. The Labute approximate surface area is 121 Å².